The number of nitrogens with one attached hydrogen (secondary N) is 2. The summed E-state index contributed by atoms with van der Waals surface area (Å²) in [6.45, 7) is 4.35. The van der Waals surface area contributed by atoms with Gasteiger partial charge in [-0.15, -0.1) is 0 Å². The number of carbonyl (C=O) groups is 1. The number of amides is 1. The molecule has 0 spiro atoms. The van der Waals surface area contributed by atoms with Crippen LogP contribution in [0.1, 0.15) is 40.4 Å². The molecule has 0 aliphatic carbocycles. The van der Waals surface area contributed by atoms with E-state index in [9.17, 15) is 13.2 Å². The molecule has 2 N–H and O–H groups in total. The highest BCUT2D eigenvalue weighted by molar-refractivity contribution is 7.92. The molecule has 3 aromatic rings. The molecule has 1 atom stereocenters. The molecule has 1 aliphatic rings. The van der Waals surface area contributed by atoms with Crippen LogP contribution in [0, 0.1) is 6.92 Å². The normalized spacial score (nSPS) is 14.9. The molecule has 1 saturated heterocycles. The van der Waals surface area contributed by atoms with Gasteiger partial charge in [-0.1, -0.05) is 29.8 Å². The van der Waals surface area contributed by atoms with Crippen LogP contribution in [0.2, 0.25) is 0 Å². The number of rotatable bonds is 9. The molecular weight excluding hydrogens is 462 g/mol. The fourth-order valence-electron chi connectivity index (χ4n) is 4.27. The lowest BCUT2D eigenvalue weighted by Crippen LogP contribution is -2.36. The Labute approximate surface area is 207 Å². The SMILES string of the molecule is COc1cccc([C@@H](CNC(=O)c2ccc(S(=O)(=O)Nc3ccc(C)cc3)cc2)N2CCCC2)c1. The van der Waals surface area contributed by atoms with Crippen molar-refractivity contribution < 1.29 is 17.9 Å². The summed E-state index contributed by atoms with van der Waals surface area (Å²) in [5, 5.41) is 3.03. The average Bonchev–Trinajstić information content (AvgIpc) is 3.40. The van der Waals surface area contributed by atoms with Gasteiger partial charge in [0.25, 0.3) is 15.9 Å². The molecule has 0 unspecified atom stereocenters. The van der Waals surface area contributed by atoms with Crippen LogP contribution in [0.15, 0.2) is 77.7 Å². The predicted molar refractivity (Wildman–Crippen MR) is 137 cm³/mol. The Kier molecular flexibility index (Phi) is 7.73. The minimum absolute atomic E-state index is 0.0370. The van der Waals surface area contributed by atoms with Crippen molar-refractivity contribution in [3.05, 3.63) is 89.5 Å². The molecule has 1 heterocycles. The second kappa shape index (κ2) is 10.9. The van der Waals surface area contributed by atoms with E-state index >= 15 is 0 Å². The largest absolute Gasteiger partial charge is 0.497 e. The lowest BCUT2D eigenvalue weighted by molar-refractivity contribution is 0.0938. The summed E-state index contributed by atoms with van der Waals surface area (Å²) in [5.41, 5.74) is 3.03. The Balaban J connectivity index is 1.43. The van der Waals surface area contributed by atoms with Crippen LogP contribution in [-0.4, -0.2) is 46.0 Å². The molecule has 4 rings (SSSR count). The number of aryl methyl sites for hydroxylation is 1. The van der Waals surface area contributed by atoms with Crippen molar-refractivity contribution in [3.8, 4) is 5.75 Å². The zero-order valence-electron chi connectivity index (χ0n) is 20.0. The Bertz CT molecular complexity index is 1250. The average molecular weight is 494 g/mol. The summed E-state index contributed by atoms with van der Waals surface area (Å²) in [6.07, 6.45) is 2.28. The second-order valence-corrected chi connectivity index (χ2v) is 10.4. The van der Waals surface area contributed by atoms with E-state index in [1.165, 1.54) is 24.3 Å². The highest BCUT2D eigenvalue weighted by Crippen LogP contribution is 2.27. The van der Waals surface area contributed by atoms with Crippen molar-refractivity contribution in [1.29, 1.82) is 0 Å². The maximum Gasteiger partial charge on any atom is 0.261 e. The van der Waals surface area contributed by atoms with Crippen molar-refractivity contribution >= 4 is 21.6 Å². The third-order valence-corrected chi connectivity index (χ3v) is 7.64. The second-order valence-electron chi connectivity index (χ2n) is 8.74. The number of carbonyl (C=O) groups excluding carboxylic acids is 1. The lowest BCUT2D eigenvalue weighted by atomic mass is 10.0. The van der Waals surface area contributed by atoms with Gasteiger partial charge >= 0.3 is 0 Å². The Morgan fingerprint density at radius 3 is 2.34 bits per heavy atom. The molecule has 1 amide bonds. The smallest absolute Gasteiger partial charge is 0.261 e. The Morgan fingerprint density at radius 1 is 1.00 bits per heavy atom. The third-order valence-electron chi connectivity index (χ3n) is 6.25. The van der Waals surface area contributed by atoms with Crippen LogP contribution in [0.5, 0.6) is 5.75 Å². The number of nitrogens with zero attached hydrogens (tertiary/aromatic N) is 1. The van der Waals surface area contributed by atoms with Gasteiger partial charge in [-0.05, 0) is 86.9 Å². The van der Waals surface area contributed by atoms with Crippen LogP contribution in [0.4, 0.5) is 5.69 Å². The van der Waals surface area contributed by atoms with Gasteiger partial charge in [-0.25, -0.2) is 8.42 Å². The number of hydrogen-bond donors (Lipinski definition) is 2. The standard InChI is InChI=1S/C27H31N3O4S/c1-20-8-12-23(13-9-20)29-35(32,33)25-14-10-21(11-15-25)27(31)28-19-26(30-16-3-4-17-30)22-6-5-7-24(18-22)34-2/h5-15,18,26,29H,3-4,16-17,19H2,1-2H3,(H,28,31)/t26-/m1/s1. The first-order chi connectivity index (χ1) is 16.9. The number of sulfonamides is 1. The minimum Gasteiger partial charge on any atom is -0.497 e. The van der Waals surface area contributed by atoms with E-state index in [1.54, 1.807) is 19.2 Å². The summed E-state index contributed by atoms with van der Waals surface area (Å²) in [7, 11) is -2.10. The molecule has 0 aromatic heterocycles. The summed E-state index contributed by atoms with van der Waals surface area (Å²) in [6, 6.07) is 21.1. The van der Waals surface area contributed by atoms with Gasteiger partial charge in [0.15, 0.2) is 0 Å². The molecule has 0 radical (unpaired) electrons. The molecule has 184 valence electrons. The van der Waals surface area contributed by atoms with E-state index in [0.29, 0.717) is 17.8 Å². The van der Waals surface area contributed by atoms with Crippen molar-refractivity contribution in [2.75, 3.05) is 31.5 Å². The van der Waals surface area contributed by atoms with E-state index in [2.05, 4.69) is 21.0 Å². The van der Waals surface area contributed by atoms with E-state index in [1.807, 2.05) is 37.3 Å². The molecule has 8 heteroatoms. The predicted octanol–water partition coefficient (Wildman–Crippen LogP) is 4.37. The first kappa shape index (κ1) is 24.8. The van der Waals surface area contributed by atoms with Crippen LogP contribution in [0.25, 0.3) is 0 Å². The molecule has 1 aliphatic heterocycles. The van der Waals surface area contributed by atoms with Gasteiger partial charge in [0, 0.05) is 17.8 Å². The maximum atomic E-state index is 12.9. The van der Waals surface area contributed by atoms with E-state index in [-0.39, 0.29) is 16.8 Å². The zero-order valence-corrected chi connectivity index (χ0v) is 20.8. The van der Waals surface area contributed by atoms with Crippen LogP contribution >= 0.6 is 0 Å². The van der Waals surface area contributed by atoms with Crippen LogP contribution in [0.3, 0.4) is 0 Å². The van der Waals surface area contributed by atoms with Crippen molar-refractivity contribution in [2.24, 2.45) is 0 Å². The molecular formula is C27H31N3O4S. The first-order valence-electron chi connectivity index (χ1n) is 11.7. The first-order valence-corrected chi connectivity index (χ1v) is 13.2. The van der Waals surface area contributed by atoms with Crippen LogP contribution in [-0.2, 0) is 10.0 Å². The molecule has 7 nitrogen and oxygen atoms in total. The summed E-state index contributed by atoms with van der Waals surface area (Å²) in [5.74, 6) is 0.543. The maximum absolute atomic E-state index is 12.9. The number of likely N-dealkylation sites (tertiary alicyclic amines) is 1. The zero-order chi connectivity index (χ0) is 24.8. The molecule has 35 heavy (non-hydrogen) atoms. The monoisotopic (exact) mass is 493 g/mol. The van der Waals surface area contributed by atoms with Gasteiger partial charge in [0.1, 0.15) is 5.75 Å². The third kappa shape index (κ3) is 6.21. The van der Waals surface area contributed by atoms with Gasteiger partial charge < -0.3 is 10.1 Å². The van der Waals surface area contributed by atoms with Gasteiger partial charge in [-0.3, -0.25) is 14.4 Å². The topological polar surface area (TPSA) is 87.7 Å². The molecule has 3 aromatic carbocycles. The lowest BCUT2D eigenvalue weighted by Gasteiger charge is -2.28. The van der Waals surface area contributed by atoms with Gasteiger partial charge in [-0.2, -0.15) is 0 Å². The fraction of sp³-hybridized carbons (Fsp3) is 0.296. The number of hydrogen-bond acceptors (Lipinski definition) is 5. The number of ether oxygens (including phenoxy) is 1. The van der Waals surface area contributed by atoms with Crippen LogP contribution < -0.4 is 14.8 Å². The Morgan fingerprint density at radius 2 is 1.69 bits per heavy atom. The minimum atomic E-state index is -3.75. The highest BCUT2D eigenvalue weighted by Gasteiger charge is 2.24. The van der Waals surface area contributed by atoms with Gasteiger partial charge in [0.05, 0.1) is 18.0 Å². The quantitative estimate of drug-likeness (QED) is 0.462. The van der Waals surface area contributed by atoms with E-state index < -0.39 is 10.0 Å². The van der Waals surface area contributed by atoms with Crippen molar-refractivity contribution in [2.45, 2.75) is 30.7 Å². The highest BCUT2D eigenvalue weighted by atomic mass is 32.2. The van der Waals surface area contributed by atoms with E-state index in [4.69, 9.17) is 4.74 Å². The summed E-state index contributed by atoms with van der Waals surface area (Å²) in [4.78, 5) is 15.4. The van der Waals surface area contributed by atoms with Crippen molar-refractivity contribution in [3.63, 3.8) is 0 Å². The molecule has 0 saturated carbocycles. The number of methoxy groups -OCH3 is 1. The van der Waals surface area contributed by atoms with E-state index in [0.717, 1.165) is 42.8 Å². The Hall–Kier alpha value is -3.36. The number of anilines is 1. The fourth-order valence-corrected chi connectivity index (χ4v) is 5.33. The summed E-state index contributed by atoms with van der Waals surface area (Å²) < 4.78 is 33.4. The number of benzene rings is 3. The molecule has 1 fully saturated rings. The van der Waals surface area contributed by atoms with Gasteiger partial charge in [0.2, 0.25) is 0 Å². The summed E-state index contributed by atoms with van der Waals surface area (Å²) >= 11 is 0. The molecule has 0 bridgehead atoms. The van der Waals surface area contributed by atoms with Crippen molar-refractivity contribution in [1.82, 2.24) is 10.2 Å².